The predicted molar refractivity (Wildman–Crippen MR) is 105 cm³/mol. The first-order valence-corrected chi connectivity index (χ1v) is 9.76. The van der Waals surface area contributed by atoms with Crippen molar-refractivity contribution >= 4 is 5.91 Å². The Morgan fingerprint density at radius 1 is 1.28 bits per heavy atom. The number of nitrogens with zero attached hydrogens (tertiary/aromatic N) is 1. The number of furan rings is 1. The van der Waals surface area contributed by atoms with Crippen LogP contribution in [0.15, 0.2) is 59.1 Å². The van der Waals surface area contributed by atoms with Crippen LogP contribution in [0.25, 0.3) is 0 Å². The SMILES string of the molecule is COCCNC(=O)c1ccc(C[NH+]2CCn3cccc3[C@H]2c2ccc(F)cc2)o1. The number of aromatic nitrogens is 1. The lowest BCUT2D eigenvalue weighted by Crippen LogP contribution is -3.12. The van der Waals surface area contributed by atoms with E-state index in [2.05, 4.69) is 22.1 Å². The van der Waals surface area contributed by atoms with Crippen LogP contribution in [0.5, 0.6) is 0 Å². The summed E-state index contributed by atoms with van der Waals surface area (Å²) in [5.41, 5.74) is 2.26. The van der Waals surface area contributed by atoms with Crippen LogP contribution in [-0.2, 0) is 17.8 Å². The molecular weight excluding hydrogens is 373 g/mol. The van der Waals surface area contributed by atoms with E-state index >= 15 is 0 Å². The first-order valence-electron chi connectivity index (χ1n) is 9.76. The van der Waals surface area contributed by atoms with Crippen LogP contribution >= 0.6 is 0 Å². The van der Waals surface area contributed by atoms with Gasteiger partial charge >= 0.3 is 0 Å². The number of rotatable bonds is 7. The van der Waals surface area contributed by atoms with Gasteiger partial charge in [-0.25, -0.2) is 4.39 Å². The van der Waals surface area contributed by atoms with Crippen molar-refractivity contribution in [1.29, 1.82) is 0 Å². The molecule has 0 radical (unpaired) electrons. The van der Waals surface area contributed by atoms with E-state index in [0.717, 1.165) is 24.4 Å². The minimum absolute atomic E-state index is 0.0726. The van der Waals surface area contributed by atoms with E-state index in [0.29, 0.717) is 25.5 Å². The van der Waals surface area contributed by atoms with E-state index in [1.54, 1.807) is 13.2 Å². The lowest BCUT2D eigenvalue weighted by atomic mass is 9.99. The summed E-state index contributed by atoms with van der Waals surface area (Å²) in [5, 5.41) is 2.76. The van der Waals surface area contributed by atoms with Crippen LogP contribution in [0.4, 0.5) is 4.39 Å². The van der Waals surface area contributed by atoms with Crippen molar-refractivity contribution in [1.82, 2.24) is 9.88 Å². The van der Waals surface area contributed by atoms with E-state index in [9.17, 15) is 9.18 Å². The summed E-state index contributed by atoms with van der Waals surface area (Å²) in [7, 11) is 1.59. The maximum absolute atomic E-state index is 13.5. The number of carbonyl (C=O) groups excluding carboxylic acids is 1. The summed E-state index contributed by atoms with van der Waals surface area (Å²) in [5.74, 6) is 0.570. The second kappa shape index (κ2) is 8.63. The molecule has 29 heavy (non-hydrogen) atoms. The third kappa shape index (κ3) is 4.26. The third-order valence-electron chi connectivity index (χ3n) is 5.32. The van der Waals surface area contributed by atoms with E-state index in [4.69, 9.17) is 9.15 Å². The van der Waals surface area contributed by atoms with Gasteiger partial charge in [0.2, 0.25) is 0 Å². The quantitative estimate of drug-likeness (QED) is 0.597. The number of methoxy groups -OCH3 is 1. The summed E-state index contributed by atoms with van der Waals surface area (Å²) in [6, 6.07) is 14.5. The molecule has 2 aromatic heterocycles. The number of nitrogens with one attached hydrogen (secondary N) is 2. The highest BCUT2D eigenvalue weighted by molar-refractivity contribution is 5.91. The smallest absolute Gasteiger partial charge is 0.287 e. The van der Waals surface area contributed by atoms with E-state index in [1.807, 2.05) is 24.3 Å². The van der Waals surface area contributed by atoms with Crippen molar-refractivity contribution in [2.45, 2.75) is 19.1 Å². The molecular formula is C22H25FN3O3+. The molecule has 1 unspecified atom stereocenters. The molecule has 6 nitrogen and oxygen atoms in total. The molecule has 7 heteroatoms. The molecule has 3 aromatic rings. The number of halogens is 1. The van der Waals surface area contributed by atoms with Gasteiger partial charge in [0.25, 0.3) is 5.91 Å². The van der Waals surface area contributed by atoms with Gasteiger partial charge in [-0.3, -0.25) is 4.79 Å². The van der Waals surface area contributed by atoms with Gasteiger partial charge in [0, 0.05) is 25.4 Å². The van der Waals surface area contributed by atoms with Gasteiger partial charge in [-0.1, -0.05) is 0 Å². The molecule has 1 amide bonds. The Balaban J connectivity index is 1.53. The first-order chi connectivity index (χ1) is 14.2. The fourth-order valence-corrected chi connectivity index (χ4v) is 3.94. The number of quaternary nitrogens is 1. The van der Waals surface area contributed by atoms with Crippen molar-refractivity contribution in [2.24, 2.45) is 0 Å². The number of amides is 1. The largest absolute Gasteiger partial charge is 0.450 e. The van der Waals surface area contributed by atoms with Crippen LogP contribution in [0, 0.1) is 5.82 Å². The van der Waals surface area contributed by atoms with Gasteiger partial charge in [0.1, 0.15) is 12.4 Å². The Hall–Kier alpha value is -2.90. The Bertz CT molecular complexity index is 964. The molecule has 0 aliphatic carbocycles. The minimum atomic E-state index is -0.245. The summed E-state index contributed by atoms with van der Waals surface area (Å²) in [6.45, 7) is 3.33. The molecule has 0 spiro atoms. The second-order valence-corrected chi connectivity index (χ2v) is 7.21. The number of hydrogen-bond acceptors (Lipinski definition) is 3. The zero-order chi connectivity index (χ0) is 20.2. The van der Waals surface area contributed by atoms with E-state index < -0.39 is 0 Å². The van der Waals surface area contributed by atoms with Gasteiger partial charge in [-0.15, -0.1) is 0 Å². The highest BCUT2D eigenvalue weighted by Gasteiger charge is 2.33. The molecule has 1 aliphatic heterocycles. The highest BCUT2D eigenvalue weighted by Crippen LogP contribution is 2.23. The molecule has 2 N–H and O–H groups in total. The average Bonchev–Trinajstić information content (AvgIpc) is 3.38. The van der Waals surface area contributed by atoms with Gasteiger partial charge in [0.15, 0.2) is 17.6 Å². The van der Waals surface area contributed by atoms with Gasteiger partial charge in [0.05, 0.1) is 25.4 Å². The molecule has 4 rings (SSSR count). The van der Waals surface area contributed by atoms with Crippen LogP contribution in [0.3, 0.4) is 0 Å². The van der Waals surface area contributed by atoms with Crippen molar-refractivity contribution in [3.8, 4) is 0 Å². The summed E-state index contributed by atoms with van der Waals surface area (Å²) >= 11 is 0. The number of fused-ring (bicyclic) bond motifs is 1. The molecule has 2 atom stereocenters. The average molecular weight is 398 g/mol. The molecule has 0 saturated heterocycles. The van der Waals surface area contributed by atoms with Crippen molar-refractivity contribution in [2.75, 3.05) is 26.8 Å². The van der Waals surface area contributed by atoms with Crippen LogP contribution < -0.4 is 10.2 Å². The van der Waals surface area contributed by atoms with E-state index in [-0.39, 0.29) is 17.8 Å². The third-order valence-corrected chi connectivity index (χ3v) is 5.32. The number of carbonyl (C=O) groups is 1. The Labute approximate surface area is 168 Å². The van der Waals surface area contributed by atoms with Gasteiger partial charge in [-0.2, -0.15) is 0 Å². The fraction of sp³-hybridized carbons (Fsp3) is 0.318. The first kappa shape index (κ1) is 19.4. The molecule has 3 heterocycles. The molecule has 0 saturated carbocycles. The standard InChI is InChI=1S/C22H24FN3O3/c1-28-14-10-24-22(27)20-9-8-18(29-20)15-26-13-12-25-11-2-3-19(25)21(26)16-4-6-17(23)7-5-16/h2-9,11,21H,10,12-15H2,1H3,(H,24,27)/p+1/t21-/m1/s1. The Morgan fingerprint density at radius 2 is 2.10 bits per heavy atom. The predicted octanol–water partition coefficient (Wildman–Crippen LogP) is 1.78. The molecule has 1 aromatic carbocycles. The molecule has 0 fully saturated rings. The Morgan fingerprint density at radius 3 is 2.90 bits per heavy atom. The lowest BCUT2D eigenvalue weighted by molar-refractivity contribution is -0.944. The Kier molecular flexibility index (Phi) is 5.78. The molecule has 152 valence electrons. The van der Waals surface area contributed by atoms with Gasteiger partial charge < -0.3 is 23.9 Å². The topological polar surface area (TPSA) is 60.8 Å². The highest BCUT2D eigenvalue weighted by atomic mass is 19.1. The molecule has 1 aliphatic rings. The zero-order valence-corrected chi connectivity index (χ0v) is 16.4. The number of hydrogen-bond donors (Lipinski definition) is 2. The minimum Gasteiger partial charge on any atom is -0.450 e. The van der Waals surface area contributed by atoms with Crippen molar-refractivity contribution in [3.05, 3.63) is 83.3 Å². The summed E-state index contributed by atoms with van der Waals surface area (Å²) in [6.07, 6.45) is 2.08. The normalized spacial score (nSPS) is 18.4. The fourth-order valence-electron chi connectivity index (χ4n) is 3.94. The van der Waals surface area contributed by atoms with Crippen LogP contribution in [0.1, 0.15) is 33.6 Å². The van der Waals surface area contributed by atoms with E-state index in [1.165, 1.54) is 22.7 Å². The second-order valence-electron chi connectivity index (χ2n) is 7.21. The number of benzene rings is 1. The number of ether oxygens (including phenoxy) is 1. The monoisotopic (exact) mass is 398 g/mol. The summed E-state index contributed by atoms with van der Waals surface area (Å²) in [4.78, 5) is 13.5. The summed E-state index contributed by atoms with van der Waals surface area (Å²) < 4.78 is 26.4. The van der Waals surface area contributed by atoms with Crippen molar-refractivity contribution < 1.29 is 23.2 Å². The van der Waals surface area contributed by atoms with Gasteiger partial charge in [-0.05, 0) is 48.5 Å². The zero-order valence-electron chi connectivity index (χ0n) is 16.4. The maximum Gasteiger partial charge on any atom is 0.287 e. The lowest BCUT2D eigenvalue weighted by Gasteiger charge is -2.33. The van der Waals surface area contributed by atoms with Crippen LogP contribution in [-0.4, -0.2) is 37.3 Å². The molecule has 0 bridgehead atoms. The van der Waals surface area contributed by atoms with Crippen LogP contribution in [0.2, 0.25) is 0 Å². The maximum atomic E-state index is 13.5. The van der Waals surface area contributed by atoms with Crippen molar-refractivity contribution in [3.63, 3.8) is 0 Å².